The number of hydrogen-bond acceptors (Lipinski definition) is 5. The van der Waals surface area contributed by atoms with Gasteiger partial charge in [0.05, 0.1) is 17.2 Å². The van der Waals surface area contributed by atoms with Crippen LogP contribution in [0.15, 0.2) is 6.20 Å². The van der Waals surface area contributed by atoms with Gasteiger partial charge < -0.3 is 10.1 Å². The highest BCUT2D eigenvalue weighted by molar-refractivity contribution is 7.11. The van der Waals surface area contributed by atoms with E-state index >= 15 is 0 Å². The number of hydrogen-bond donors (Lipinski definition) is 1. The Morgan fingerprint density at radius 1 is 1.70 bits per heavy atom. The Morgan fingerprint density at radius 2 is 2.50 bits per heavy atom. The highest BCUT2D eigenvalue weighted by Crippen LogP contribution is 2.15. The molecule has 2 rings (SSSR count). The molecule has 5 nitrogen and oxygen atoms in total. The fourth-order valence-electron chi connectivity index (χ4n) is 2.23. The summed E-state index contributed by atoms with van der Waals surface area (Å²) in [6.45, 7) is 6.11. The van der Waals surface area contributed by atoms with E-state index in [0.29, 0.717) is 6.54 Å². The molecule has 1 N–H and O–H groups in total. The van der Waals surface area contributed by atoms with Gasteiger partial charge in [0.25, 0.3) is 0 Å². The summed E-state index contributed by atoms with van der Waals surface area (Å²) in [5, 5.41) is 4.04. The second-order valence-electron chi connectivity index (χ2n) is 5.32. The summed E-state index contributed by atoms with van der Waals surface area (Å²) in [5.41, 5.74) is 0. The molecule has 1 fully saturated rings. The first-order valence-corrected chi connectivity index (χ1v) is 7.88. The number of likely N-dealkylation sites (N-methyl/N-ethyl adjacent to an activating group) is 1. The van der Waals surface area contributed by atoms with Gasteiger partial charge in [-0.15, -0.1) is 11.3 Å². The minimum Gasteiger partial charge on any atom is -0.376 e. The summed E-state index contributed by atoms with van der Waals surface area (Å²) in [5.74, 6) is 0.0595. The third-order valence-electron chi connectivity index (χ3n) is 3.64. The average Bonchev–Trinajstić information content (AvgIpc) is 3.06. The van der Waals surface area contributed by atoms with Crippen LogP contribution >= 0.6 is 11.3 Å². The zero-order chi connectivity index (χ0) is 14.5. The third-order valence-corrected chi connectivity index (χ3v) is 4.54. The highest BCUT2D eigenvalue weighted by atomic mass is 32.1. The standard InChI is InChI=1S/C14H23N3O2S/c1-10(14(18)16-7-12-5-4-6-19-12)17(3)9-13-8-15-11(2)20-13/h8,10,12H,4-7,9H2,1-3H3,(H,16,18)/t10-,12+/m0/s1. The van der Waals surface area contributed by atoms with E-state index < -0.39 is 0 Å². The van der Waals surface area contributed by atoms with Crippen LogP contribution in [0.5, 0.6) is 0 Å². The summed E-state index contributed by atoms with van der Waals surface area (Å²) in [7, 11) is 1.96. The van der Waals surface area contributed by atoms with Crippen LogP contribution in [0, 0.1) is 6.92 Å². The number of carbonyl (C=O) groups excluding carboxylic acids is 1. The predicted molar refractivity (Wildman–Crippen MR) is 79.8 cm³/mol. The second kappa shape index (κ2) is 7.15. The van der Waals surface area contributed by atoms with E-state index in [1.165, 1.54) is 4.88 Å². The first-order valence-electron chi connectivity index (χ1n) is 7.07. The van der Waals surface area contributed by atoms with Crippen LogP contribution in [0.3, 0.4) is 0 Å². The molecule has 0 saturated carbocycles. The summed E-state index contributed by atoms with van der Waals surface area (Å²) in [4.78, 5) is 19.6. The number of carbonyl (C=O) groups is 1. The Balaban J connectivity index is 1.76. The molecule has 0 aliphatic carbocycles. The normalized spacial score (nSPS) is 20.3. The van der Waals surface area contributed by atoms with Crippen molar-refractivity contribution in [1.29, 1.82) is 0 Å². The number of thiazole rings is 1. The van der Waals surface area contributed by atoms with E-state index in [-0.39, 0.29) is 18.1 Å². The van der Waals surface area contributed by atoms with Crippen LogP contribution in [0.1, 0.15) is 29.7 Å². The molecule has 1 aromatic rings. The van der Waals surface area contributed by atoms with Crippen molar-refractivity contribution < 1.29 is 9.53 Å². The average molecular weight is 297 g/mol. The van der Waals surface area contributed by atoms with Crippen LogP contribution in [-0.2, 0) is 16.1 Å². The molecule has 112 valence electrons. The zero-order valence-electron chi connectivity index (χ0n) is 12.4. The monoisotopic (exact) mass is 297 g/mol. The molecule has 1 saturated heterocycles. The van der Waals surface area contributed by atoms with E-state index in [9.17, 15) is 4.79 Å². The molecule has 0 bridgehead atoms. The Morgan fingerprint density at radius 3 is 3.10 bits per heavy atom. The molecule has 20 heavy (non-hydrogen) atoms. The van der Waals surface area contributed by atoms with Crippen LogP contribution in [0.2, 0.25) is 0 Å². The molecule has 1 aliphatic heterocycles. The topological polar surface area (TPSA) is 54.5 Å². The maximum atomic E-state index is 12.1. The molecule has 1 aliphatic rings. The van der Waals surface area contributed by atoms with E-state index in [4.69, 9.17) is 4.74 Å². The lowest BCUT2D eigenvalue weighted by molar-refractivity contribution is -0.126. The van der Waals surface area contributed by atoms with Crippen molar-refractivity contribution in [3.63, 3.8) is 0 Å². The molecule has 0 spiro atoms. The Kier molecular flexibility index (Phi) is 5.51. The molecule has 6 heteroatoms. The molecule has 0 aromatic carbocycles. The first kappa shape index (κ1) is 15.4. The van der Waals surface area contributed by atoms with Crippen LogP contribution < -0.4 is 5.32 Å². The lowest BCUT2D eigenvalue weighted by Crippen LogP contribution is -2.44. The molecule has 0 radical (unpaired) electrons. The van der Waals surface area contributed by atoms with Gasteiger partial charge in [0, 0.05) is 30.8 Å². The van der Waals surface area contributed by atoms with Crippen molar-refractivity contribution in [2.45, 2.75) is 45.4 Å². The summed E-state index contributed by atoms with van der Waals surface area (Å²) in [6.07, 6.45) is 4.22. The highest BCUT2D eigenvalue weighted by Gasteiger charge is 2.21. The minimum atomic E-state index is -0.154. The van der Waals surface area contributed by atoms with Gasteiger partial charge >= 0.3 is 0 Å². The number of aryl methyl sites for hydroxylation is 1. The van der Waals surface area contributed by atoms with Gasteiger partial charge in [-0.3, -0.25) is 9.69 Å². The van der Waals surface area contributed by atoms with E-state index in [1.807, 2.05) is 32.0 Å². The predicted octanol–water partition coefficient (Wildman–Crippen LogP) is 1.57. The SMILES string of the molecule is Cc1ncc(CN(C)[C@@H](C)C(=O)NC[C@H]2CCCO2)s1. The Bertz CT molecular complexity index is 443. The third kappa shape index (κ3) is 4.26. The number of aromatic nitrogens is 1. The first-order chi connectivity index (χ1) is 9.56. The van der Waals surface area contributed by atoms with Gasteiger partial charge in [-0.05, 0) is 33.7 Å². The molecular formula is C14H23N3O2S. The van der Waals surface area contributed by atoms with Crippen LogP contribution in [-0.4, -0.2) is 48.1 Å². The lowest BCUT2D eigenvalue weighted by atomic mass is 10.2. The summed E-state index contributed by atoms with van der Waals surface area (Å²) >= 11 is 1.67. The number of ether oxygens (including phenoxy) is 1. The van der Waals surface area contributed by atoms with Gasteiger partial charge in [-0.2, -0.15) is 0 Å². The summed E-state index contributed by atoms with van der Waals surface area (Å²) < 4.78 is 5.51. The number of amides is 1. The van der Waals surface area contributed by atoms with Crippen molar-refractivity contribution in [2.24, 2.45) is 0 Å². The van der Waals surface area contributed by atoms with Crippen molar-refractivity contribution in [3.8, 4) is 0 Å². The quantitative estimate of drug-likeness (QED) is 0.866. The fourth-order valence-corrected chi connectivity index (χ4v) is 3.09. The second-order valence-corrected chi connectivity index (χ2v) is 6.64. The number of nitrogens with one attached hydrogen (secondary N) is 1. The molecule has 2 heterocycles. The van der Waals surface area contributed by atoms with E-state index in [0.717, 1.165) is 31.0 Å². The molecule has 1 amide bonds. The lowest BCUT2D eigenvalue weighted by Gasteiger charge is -2.23. The largest absolute Gasteiger partial charge is 0.376 e. The smallest absolute Gasteiger partial charge is 0.237 e. The molecule has 0 unspecified atom stereocenters. The van der Waals surface area contributed by atoms with E-state index in [2.05, 4.69) is 10.3 Å². The Hall–Kier alpha value is -0.980. The van der Waals surface area contributed by atoms with Gasteiger partial charge in [0.1, 0.15) is 0 Å². The van der Waals surface area contributed by atoms with Crippen molar-refractivity contribution in [3.05, 3.63) is 16.1 Å². The van der Waals surface area contributed by atoms with E-state index in [1.54, 1.807) is 11.3 Å². The van der Waals surface area contributed by atoms with Gasteiger partial charge in [-0.25, -0.2) is 4.98 Å². The van der Waals surface area contributed by atoms with Gasteiger partial charge in [0.15, 0.2) is 0 Å². The zero-order valence-corrected chi connectivity index (χ0v) is 13.2. The van der Waals surface area contributed by atoms with Crippen LogP contribution in [0.4, 0.5) is 0 Å². The van der Waals surface area contributed by atoms with Gasteiger partial charge in [-0.1, -0.05) is 0 Å². The maximum Gasteiger partial charge on any atom is 0.237 e. The fraction of sp³-hybridized carbons (Fsp3) is 0.714. The molecular weight excluding hydrogens is 274 g/mol. The van der Waals surface area contributed by atoms with Crippen molar-refractivity contribution in [2.75, 3.05) is 20.2 Å². The minimum absolute atomic E-state index is 0.0595. The van der Waals surface area contributed by atoms with Crippen molar-refractivity contribution in [1.82, 2.24) is 15.2 Å². The van der Waals surface area contributed by atoms with Crippen LogP contribution in [0.25, 0.3) is 0 Å². The van der Waals surface area contributed by atoms with Crippen molar-refractivity contribution >= 4 is 17.2 Å². The number of rotatable bonds is 6. The molecule has 1 aromatic heterocycles. The molecule has 2 atom stereocenters. The Labute approximate surface area is 124 Å². The van der Waals surface area contributed by atoms with Gasteiger partial charge in [0.2, 0.25) is 5.91 Å². The summed E-state index contributed by atoms with van der Waals surface area (Å²) in [6, 6.07) is -0.154. The number of nitrogens with zero attached hydrogens (tertiary/aromatic N) is 2. The maximum absolute atomic E-state index is 12.1.